The summed E-state index contributed by atoms with van der Waals surface area (Å²) in [7, 11) is 0. The highest BCUT2D eigenvalue weighted by Gasteiger charge is 2.74. The number of rotatable bonds is 12. The molecule has 4 saturated heterocycles. The minimum Gasteiger partial charge on any atom is -0.466 e. The largest absolute Gasteiger partial charge is 0.466 e. The summed E-state index contributed by atoms with van der Waals surface area (Å²) in [6, 6.07) is -1.20. The second kappa shape index (κ2) is 12.1. The number of hydrogen-bond acceptors (Lipinski definition) is 8. The topological polar surface area (TPSA) is 99.6 Å². The van der Waals surface area contributed by atoms with E-state index in [-0.39, 0.29) is 42.2 Å². The predicted octanol–water partition coefficient (Wildman–Crippen LogP) is 1.39. The number of morpholine rings is 1. The lowest BCUT2D eigenvalue weighted by atomic mass is 9.71. The van der Waals surface area contributed by atoms with Gasteiger partial charge in [0.15, 0.2) is 0 Å². The van der Waals surface area contributed by atoms with Crippen LogP contribution in [0.25, 0.3) is 0 Å². The summed E-state index contributed by atoms with van der Waals surface area (Å²) in [5, 5.41) is 10.4. The lowest BCUT2D eigenvalue weighted by molar-refractivity contribution is -0.154. The first kappa shape index (κ1) is 28.4. The van der Waals surface area contributed by atoms with E-state index in [4.69, 9.17) is 9.47 Å². The van der Waals surface area contributed by atoms with Crippen molar-refractivity contribution in [2.24, 2.45) is 17.8 Å². The summed E-state index contributed by atoms with van der Waals surface area (Å²) in [5.74, 6) is -1.55. The Morgan fingerprint density at radius 3 is 2.70 bits per heavy atom. The molecule has 4 aliphatic rings. The van der Waals surface area contributed by atoms with Crippen LogP contribution in [0.4, 0.5) is 0 Å². The average molecular weight is 538 g/mol. The second-order valence-corrected chi connectivity index (χ2v) is 12.6. The van der Waals surface area contributed by atoms with Crippen molar-refractivity contribution in [2.75, 3.05) is 59.2 Å². The molecule has 37 heavy (non-hydrogen) atoms. The van der Waals surface area contributed by atoms with Crippen molar-refractivity contribution in [3.63, 3.8) is 0 Å². The van der Waals surface area contributed by atoms with E-state index in [0.717, 1.165) is 26.1 Å². The van der Waals surface area contributed by atoms with Gasteiger partial charge >= 0.3 is 5.97 Å². The number of fused-ring (bicyclic) bond motifs is 1. The maximum absolute atomic E-state index is 14.4. The molecule has 0 aliphatic carbocycles. The van der Waals surface area contributed by atoms with Crippen LogP contribution in [-0.2, 0) is 23.9 Å². The van der Waals surface area contributed by atoms with Gasteiger partial charge in [0.05, 0.1) is 49.1 Å². The van der Waals surface area contributed by atoms with Crippen LogP contribution in [0, 0.1) is 17.8 Å². The van der Waals surface area contributed by atoms with E-state index in [0.29, 0.717) is 39.1 Å². The van der Waals surface area contributed by atoms with Crippen molar-refractivity contribution < 1.29 is 29.0 Å². The van der Waals surface area contributed by atoms with Gasteiger partial charge in [-0.3, -0.25) is 19.3 Å². The molecule has 4 fully saturated rings. The maximum Gasteiger partial charge on any atom is 0.310 e. The summed E-state index contributed by atoms with van der Waals surface area (Å²) in [6.07, 6.45) is 3.79. The third-order valence-electron chi connectivity index (χ3n) is 8.33. The lowest BCUT2D eigenvalue weighted by Gasteiger charge is -2.40. The molecule has 10 heteroatoms. The maximum atomic E-state index is 14.4. The summed E-state index contributed by atoms with van der Waals surface area (Å²) in [6.45, 7) is 14.4. The molecule has 9 nitrogen and oxygen atoms in total. The Bertz CT molecular complexity index is 865. The molecule has 2 amide bonds. The van der Waals surface area contributed by atoms with Crippen LogP contribution in [0.2, 0.25) is 0 Å². The van der Waals surface area contributed by atoms with Crippen LogP contribution in [0.5, 0.6) is 0 Å². The van der Waals surface area contributed by atoms with Crippen molar-refractivity contribution in [3.8, 4) is 0 Å². The smallest absolute Gasteiger partial charge is 0.310 e. The van der Waals surface area contributed by atoms with E-state index in [2.05, 4.69) is 11.5 Å². The van der Waals surface area contributed by atoms with Gasteiger partial charge in [-0.2, -0.15) is 0 Å². The van der Waals surface area contributed by atoms with Crippen LogP contribution < -0.4 is 0 Å². The minimum atomic E-state index is -0.722. The zero-order valence-electron chi connectivity index (χ0n) is 22.5. The molecule has 0 aromatic heterocycles. The van der Waals surface area contributed by atoms with Gasteiger partial charge in [-0.25, -0.2) is 0 Å². The number of aliphatic hydroxyl groups is 1. The fourth-order valence-electron chi connectivity index (χ4n) is 6.80. The summed E-state index contributed by atoms with van der Waals surface area (Å²) >= 11 is 1.64. The predicted molar refractivity (Wildman–Crippen MR) is 142 cm³/mol. The third-order valence-corrected chi connectivity index (χ3v) is 10.3. The van der Waals surface area contributed by atoms with Crippen LogP contribution >= 0.6 is 11.8 Å². The van der Waals surface area contributed by atoms with Crippen LogP contribution in [0.3, 0.4) is 0 Å². The fourth-order valence-corrected chi connectivity index (χ4v) is 8.98. The van der Waals surface area contributed by atoms with Crippen molar-refractivity contribution in [1.29, 1.82) is 0 Å². The van der Waals surface area contributed by atoms with Gasteiger partial charge in [0.1, 0.15) is 6.04 Å². The Kier molecular flexibility index (Phi) is 9.25. The number of likely N-dealkylation sites (tertiary alicyclic amines) is 1. The fraction of sp³-hybridized carbons (Fsp3) is 0.815. The average Bonchev–Trinajstić information content (AvgIpc) is 3.52. The molecule has 0 aromatic carbocycles. The van der Waals surface area contributed by atoms with Gasteiger partial charge in [0.25, 0.3) is 0 Å². The summed E-state index contributed by atoms with van der Waals surface area (Å²) < 4.78 is 10.2. The van der Waals surface area contributed by atoms with Gasteiger partial charge in [-0.05, 0) is 32.1 Å². The SMILES string of the molecule is C=CCN(CCN1CCOCC1)C(=O)C1N([C@@H](CO)CC(C)C)C(=O)[C@@H]2[C@@H](C(=O)OCC)[C@H]3CCC12S3. The number of hydrogen-bond donors (Lipinski definition) is 1. The summed E-state index contributed by atoms with van der Waals surface area (Å²) in [4.78, 5) is 47.4. The van der Waals surface area contributed by atoms with Gasteiger partial charge in [-0.1, -0.05) is 19.9 Å². The van der Waals surface area contributed by atoms with Crippen molar-refractivity contribution >= 4 is 29.5 Å². The van der Waals surface area contributed by atoms with E-state index in [1.54, 1.807) is 34.6 Å². The number of esters is 1. The van der Waals surface area contributed by atoms with Crippen LogP contribution in [0.1, 0.15) is 40.0 Å². The number of nitrogens with zero attached hydrogens (tertiary/aromatic N) is 3. The first-order valence-corrected chi connectivity index (χ1v) is 14.6. The molecule has 0 radical (unpaired) electrons. The first-order chi connectivity index (χ1) is 17.8. The standard InChI is InChI=1S/C27H43N3O6S/c1-5-9-29(11-10-28-12-14-35-15-13-28)25(33)23-27-8-7-20(37-27)21(26(34)36-6-2)22(27)24(32)30(23)19(17-31)16-18(3)4/h5,18-23,31H,1,6-17H2,2-4H3/t19-,20-,21+,22+,23?,27?/m1/s1. The molecule has 208 valence electrons. The van der Waals surface area contributed by atoms with E-state index in [1.807, 2.05) is 13.8 Å². The summed E-state index contributed by atoms with van der Waals surface area (Å²) in [5.41, 5.74) is 0. The van der Waals surface area contributed by atoms with E-state index in [9.17, 15) is 19.5 Å². The molecule has 4 rings (SSSR count). The van der Waals surface area contributed by atoms with Gasteiger partial charge in [0.2, 0.25) is 11.8 Å². The van der Waals surface area contributed by atoms with Crippen molar-refractivity contribution in [1.82, 2.24) is 14.7 Å². The monoisotopic (exact) mass is 537 g/mol. The highest BCUT2D eigenvalue weighted by molar-refractivity contribution is 8.02. The molecule has 4 aliphatic heterocycles. The first-order valence-electron chi connectivity index (χ1n) is 13.8. The Balaban J connectivity index is 1.68. The van der Waals surface area contributed by atoms with Gasteiger partial charge in [0, 0.05) is 38.0 Å². The molecule has 4 heterocycles. The van der Waals surface area contributed by atoms with Crippen LogP contribution in [0.15, 0.2) is 12.7 Å². The molecular weight excluding hydrogens is 494 g/mol. The highest BCUT2D eigenvalue weighted by atomic mass is 32.2. The van der Waals surface area contributed by atoms with Crippen LogP contribution in [-0.4, -0.2) is 119 Å². The van der Waals surface area contributed by atoms with Gasteiger partial charge < -0.3 is 24.4 Å². The van der Waals surface area contributed by atoms with Crippen molar-refractivity contribution in [3.05, 3.63) is 12.7 Å². The lowest BCUT2D eigenvalue weighted by Crippen LogP contribution is -2.58. The van der Waals surface area contributed by atoms with E-state index in [1.165, 1.54) is 0 Å². The number of thioether (sulfide) groups is 1. The molecule has 0 aromatic rings. The Hall–Kier alpha value is -1.62. The zero-order chi connectivity index (χ0) is 26.7. The van der Waals surface area contributed by atoms with E-state index < -0.39 is 28.7 Å². The molecule has 1 spiro atoms. The Labute approximate surface area is 224 Å². The quantitative estimate of drug-likeness (QED) is 0.295. The number of aliphatic hydroxyl groups excluding tert-OH is 1. The molecular formula is C27H43N3O6S. The molecule has 2 unspecified atom stereocenters. The van der Waals surface area contributed by atoms with E-state index >= 15 is 0 Å². The molecule has 1 N–H and O–H groups in total. The van der Waals surface area contributed by atoms with Gasteiger partial charge in [-0.15, -0.1) is 18.3 Å². The number of carbonyl (C=O) groups is 3. The second-order valence-electron chi connectivity index (χ2n) is 11.0. The Morgan fingerprint density at radius 2 is 2.08 bits per heavy atom. The minimum absolute atomic E-state index is 0.0238. The Morgan fingerprint density at radius 1 is 1.35 bits per heavy atom. The number of ether oxygens (including phenoxy) is 2. The normalized spacial score (nSPS) is 32.0. The van der Waals surface area contributed by atoms with Crippen molar-refractivity contribution in [2.45, 2.75) is 62.1 Å². The third kappa shape index (κ3) is 5.31. The zero-order valence-corrected chi connectivity index (χ0v) is 23.3. The number of carbonyl (C=O) groups excluding carboxylic acids is 3. The highest BCUT2D eigenvalue weighted by Crippen LogP contribution is 2.67. The number of amides is 2. The molecule has 0 saturated carbocycles. The molecule has 6 atom stereocenters. The molecule has 2 bridgehead atoms.